The summed E-state index contributed by atoms with van der Waals surface area (Å²) in [6.07, 6.45) is 3.93. The van der Waals surface area contributed by atoms with Gasteiger partial charge in [0, 0.05) is 27.2 Å². The summed E-state index contributed by atoms with van der Waals surface area (Å²) in [5, 5.41) is 25.3. The standard InChI is InChI=1S/C26H33N5OS3/c1-7-17-15(3)33-13-20(17)23-29-30-25(31(23)8-2)34-14-22(32)28-24-19(12-27)18-10-9-16(26(4,5)6)11-21(18)35-24/h13,16H,7-11,14H2,1-6H3,(H,28,32). The number of aromatic nitrogens is 3. The third-order valence-electron chi connectivity index (χ3n) is 6.92. The van der Waals surface area contributed by atoms with E-state index in [2.05, 4.69) is 73.1 Å². The van der Waals surface area contributed by atoms with Gasteiger partial charge >= 0.3 is 0 Å². The van der Waals surface area contributed by atoms with Gasteiger partial charge in [0.1, 0.15) is 11.1 Å². The quantitative estimate of drug-likeness (QED) is 0.345. The molecular weight excluding hydrogens is 495 g/mol. The number of carbonyl (C=O) groups is 1. The molecule has 0 aromatic carbocycles. The van der Waals surface area contributed by atoms with Crippen LogP contribution in [0.1, 0.15) is 67.5 Å². The molecule has 0 bridgehead atoms. The Morgan fingerprint density at radius 1 is 1.34 bits per heavy atom. The average molecular weight is 528 g/mol. The monoisotopic (exact) mass is 527 g/mol. The first kappa shape index (κ1) is 25.9. The van der Waals surface area contributed by atoms with E-state index in [0.29, 0.717) is 16.5 Å². The van der Waals surface area contributed by atoms with Crippen molar-refractivity contribution in [3.63, 3.8) is 0 Å². The molecule has 1 atom stereocenters. The topological polar surface area (TPSA) is 83.6 Å². The minimum atomic E-state index is -0.120. The van der Waals surface area contributed by atoms with Gasteiger partial charge in [-0.1, -0.05) is 39.5 Å². The van der Waals surface area contributed by atoms with Crippen molar-refractivity contribution in [1.29, 1.82) is 5.26 Å². The molecule has 9 heteroatoms. The fourth-order valence-corrected chi connectivity index (χ4v) is 7.85. The molecule has 1 N–H and O–H groups in total. The molecule has 4 rings (SSSR count). The van der Waals surface area contributed by atoms with Crippen LogP contribution in [0.25, 0.3) is 11.4 Å². The van der Waals surface area contributed by atoms with Crippen molar-refractivity contribution in [2.75, 3.05) is 11.1 Å². The van der Waals surface area contributed by atoms with E-state index < -0.39 is 0 Å². The number of anilines is 1. The number of thioether (sulfide) groups is 1. The molecular formula is C26H33N5OS3. The Morgan fingerprint density at radius 3 is 2.77 bits per heavy atom. The van der Waals surface area contributed by atoms with Gasteiger partial charge in [-0.3, -0.25) is 4.79 Å². The molecule has 186 valence electrons. The summed E-state index contributed by atoms with van der Waals surface area (Å²) in [6.45, 7) is 13.9. The molecule has 6 nitrogen and oxygen atoms in total. The van der Waals surface area contributed by atoms with Crippen LogP contribution >= 0.6 is 34.4 Å². The first-order valence-electron chi connectivity index (χ1n) is 12.2. The van der Waals surface area contributed by atoms with Crippen molar-refractivity contribution in [3.05, 3.63) is 31.8 Å². The number of nitriles is 1. The highest BCUT2D eigenvalue weighted by Gasteiger charge is 2.32. The van der Waals surface area contributed by atoms with Crippen LogP contribution in [0.5, 0.6) is 0 Å². The fourth-order valence-electron chi connectivity index (χ4n) is 4.81. The highest BCUT2D eigenvalue weighted by atomic mass is 32.2. The summed E-state index contributed by atoms with van der Waals surface area (Å²) in [5.74, 6) is 1.56. The number of rotatable bonds is 7. The summed E-state index contributed by atoms with van der Waals surface area (Å²) < 4.78 is 2.08. The lowest BCUT2D eigenvalue weighted by molar-refractivity contribution is -0.113. The molecule has 1 unspecified atom stereocenters. The molecule has 0 spiro atoms. The highest BCUT2D eigenvalue weighted by molar-refractivity contribution is 7.99. The molecule has 1 aliphatic rings. The number of carbonyl (C=O) groups excluding carboxylic acids is 1. The van der Waals surface area contributed by atoms with E-state index in [1.54, 1.807) is 22.7 Å². The molecule has 0 radical (unpaired) electrons. The molecule has 3 aromatic heterocycles. The Hall–Kier alpha value is -2.15. The lowest BCUT2D eigenvalue weighted by atomic mass is 9.72. The molecule has 0 aliphatic heterocycles. The number of thiophene rings is 2. The number of nitrogens with zero attached hydrogens (tertiary/aromatic N) is 4. The van der Waals surface area contributed by atoms with E-state index in [0.717, 1.165) is 54.3 Å². The van der Waals surface area contributed by atoms with Crippen LogP contribution in [-0.2, 0) is 30.6 Å². The van der Waals surface area contributed by atoms with E-state index in [1.165, 1.54) is 27.1 Å². The van der Waals surface area contributed by atoms with Crippen LogP contribution < -0.4 is 5.32 Å². The maximum absolute atomic E-state index is 12.9. The lowest BCUT2D eigenvalue weighted by Crippen LogP contribution is -2.26. The van der Waals surface area contributed by atoms with E-state index in [-0.39, 0.29) is 17.1 Å². The zero-order valence-electron chi connectivity index (χ0n) is 21.3. The summed E-state index contributed by atoms with van der Waals surface area (Å²) in [5.41, 5.74) is 4.47. The predicted octanol–water partition coefficient (Wildman–Crippen LogP) is 6.71. The molecule has 0 saturated heterocycles. The van der Waals surface area contributed by atoms with Crippen molar-refractivity contribution < 1.29 is 4.79 Å². The van der Waals surface area contributed by atoms with Gasteiger partial charge in [-0.25, -0.2) is 0 Å². The SMILES string of the molecule is CCc1c(-c2nnc(SCC(=O)Nc3sc4c(c3C#N)CCC(C(C)(C)C)C4)n2CC)csc1C. The maximum atomic E-state index is 12.9. The molecule has 1 amide bonds. The van der Waals surface area contributed by atoms with Gasteiger partial charge in [-0.15, -0.1) is 32.9 Å². The first-order valence-corrected chi connectivity index (χ1v) is 14.8. The number of hydrogen-bond acceptors (Lipinski definition) is 7. The Balaban J connectivity index is 1.47. The fraction of sp³-hybridized carbons (Fsp3) is 0.538. The first-order chi connectivity index (χ1) is 16.7. The molecule has 3 aromatic rings. The third kappa shape index (κ3) is 5.20. The minimum absolute atomic E-state index is 0.120. The van der Waals surface area contributed by atoms with E-state index in [4.69, 9.17) is 0 Å². The summed E-state index contributed by atoms with van der Waals surface area (Å²) in [6, 6.07) is 2.35. The largest absolute Gasteiger partial charge is 0.316 e. The number of fused-ring (bicyclic) bond motifs is 1. The Kier molecular flexibility index (Phi) is 7.74. The molecule has 1 aliphatic carbocycles. The molecule has 0 saturated carbocycles. The summed E-state index contributed by atoms with van der Waals surface area (Å²) in [4.78, 5) is 15.4. The number of amides is 1. The van der Waals surface area contributed by atoms with Crippen LogP contribution in [0.4, 0.5) is 5.00 Å². The Labute approximate surface area is 220 Å². The summed E-state index contributed by atoms with van der Waals surface area (Å²) in [7, 11) is 0. The number of aryl methyl sites for hydroxylation is 1. The third-order valence-corrected chi connectivity index (χ3v) is 10.0. The molecule has 0 fully saturated rings. The van der Waals surface area contributed by atoms with E-state index in [1.807, 2.05) is 0 Å². The Bertz CT molecular complexity index is 1270. The van der Waals surface area contributed by atoms with Crippen molar-refractivity contribution in [3.8, 4) is 17.5 Å². The zero-order valence-corrected chi connectivity index (χ0v) is 23.8. The van der Waals surface area contributed by atoms with Crippen LogP contribution in [-0.4, -0.2) is 26.4 Å². The van der Waals surface area contributed by atoms with Crippen molar-refractivity contribution in [2.45, 2.75) is 78.9 Å². The zero-order chi connectivity index (χ0) is 25.3. The second kappa shape index (κ2) is 10.5. The van der Waals surface area contributed by atoms with Gasteiger partial charge in [0.15, 0.2) is 11.0 Å². The second-order valence-electron chi connectivity index (χ2n) is 10.1. The number of hydrogen-bond donors (Lipinski definition) is 1. The maximum Gasteiger partial charge on any atom is 0.235 e. The second-order valence-corrected chi connectivity index (χ2v) is 13.2. The van der Waals surface area contributed by atoms with E-state index in [9.17, 15) is 10.1 Å². The average Bonchev–Trinajstić information content (AvgIpc) is 3.49. The summed E-state index contributed by atoms with van der Waals surface area (Å²) >= 11 is 4.70. The number of nitrogens with one attached hydrogen (secondary N) is 1. The van der Waals surface area contributed by atoms with Gasteiger partial charge in [0.05, 0.1) is 11.3 Å². The van der Waals surface area contributed by atoms with E-state index >= 15 is 0 Å². The normalized spacial score (nSPS) is 15.6. The van der Waals surface area contributed by atoms with Crippen LogP contribution in [0.15, 0.2) is 10.5 Å². The minimum Gasteiger partial charge on any atom is -0.316 e. The highest BCUT2D eigenvalue weighted by Crippen LogP contribution is 2.44. The lowest BCUT2D eigenvalue weighted by Gasteiger charge is -2.33. The van der Waals surface area contributed by atoms with Gasteiger partial charge in [-0.05, 0) is 62.0 Å². The van der Waals surface area contributed by atoms with Gasteiger partial charge < -0.3 is 9.88 Å². The van der Waals surface area contributed by atoms with Crippen LogP contribution in [0, 0.1) is 29.6 Å². The molecule has 3 heterocycles. The van der Waals surface area contributed by atoms with Crippen LogP contribution in [0.3, 0.4) is 0 Å². The van der Waals surface area contributed by atoms with Gasteiger partial charge in [0.2, 0.25) is 5.91 Å². The van der Waals surface area contributed by atoms with Crippen LogP contribution in [0.2, 0.25) is 0 Å². The Morgan fingerprint density at radius 2 is 2.11 bits per heavy atom. The van der Waals surface area contributed by atoms with Gasteiger partial charge in [-0.2, -0.15) is 5.26 Å². The van der Waals surface area contributed by atoms with Crippen molar-refractivity contribution in [1.82, 2.24) is 14.8 Å². The van der Waals surface area contributed by atoms with Crippen molar-refractivity contribution in [2.24, 2.45) is 11.3 Å². The van der Waals surface area contributed by atoms with Gasteiger partial charge in [0.25, 0.3) is 0 Å². The molecule has 35 heavy (non-hydrogen) atoms. The predicted molar refractivity (Wildman–Crippen MR) is 146 cm³/mol. The van der Waals surface area contributed by atoms with Crippen molar-refractivity contribution >= 4 is 45.3 Å². The smallest absolute Gasteiger partial charge is 0.235 e.